The SMILES string of the molecule is CCN(C(=O)CC(N)c1ccccc1)C1CCN(c2ccccc2)C1=O. The lowest BCUT2D eigenvalue weighted by atomic mass is 10.0. The van der Waals surface area contributed by atoms with Crippen LogP contribution in [0.25, 0.3) is 0 Å². The van der Waals surface area contributed by atoms with Gasteiger partial charge in [0, 0.05) is 31.2 Å². The summed E-state index contributed by atoms with van der Waals surface area (Å²) in [6.07, 6.45) is 0.848. The van der Waals surface area contributed by atoms with Crippen LogP contribution in [0.15, 0.2) is 60.7 Å². The van der Waals surface area contributed by atoms with Crippen molar-refractivity contribution in [2.75, 3.05) is 18.0 Å². The van der Waals surface area contributed by atoms with Crippen molar-refractivity contribution in [1.29, 1.82) is 0 Å². The molecule has 2 aromatic rings. The molecule has 5 heteroatoms. The summed E-state index contributed by atoms with van der Waals surface area (Å²) >= 11 is 0. The van der Waals surface area contributed by atoms with E-state index in [1.807, 2.05) is 67.6 Å². The molecule has 1 aliphatic rings. The van der Waals surface area contributed by atoms with E-state index < -0.39 is 6.04 Å². The van der Waals surface area contributed by atoms with Crippen LogP contribution in [0.3, 0.4) is 0 Å². The molecule has 26 heavy (non-hydrogen) atoms. The molecule has 0 saturated carbocycles. The molecule has 2 amide bonds. The first-order valence-electron chi connectivity index (χ1n) is 9.08. The number of nitrogens with two attached hydrogens (primary N) is 1. The second-order valence-electron chi connectivity index (χ2n) is 6.53. The van der Waals surface area contributed by atoms with Crippen LogP contribution in [-0.2, 0) is 9.59 Å². The number of hydrogen-bond donors (Lipinski definition) is 1. The van der Waals surface area contributed by atoms with Crippen LogP contribution < -0.4 is 10.6 Å². The zero-order chi connectivity index (χ0) is 18.5. The predicted octanol–water partition coefficient (Wildman–Crippen LogP) is 2.73. The van der Waals surface area contributed by atoms with Gasteiger partial charge in [0.1, 0.15) is 6.04 Å². The van der Waals surface area contributed by atoms with Crippen LogP contribution in [0.1, 0.15) is 31.4 Å². The zero-order valence-corrected chi connectivity index (χ0v) is 15.0. The second kappa shape index (κ2) is 8.15. The molecule has 2 atom stereocenters. The lowest BCUT2D eigenvalue weighted by molar-refractivity contribution is -0.138. The van der Waals surface area contributed by atoms with Gasteiger partial charge in [-0.1, -0.05) is 48.5 Å². The predicted molar refractivity (Wildman–Crippen MR) is 103 cm³/mol. The Morgan fingerprint density at radius 3 is 2.38 bits per heavy atom. The van der Waals surface area contributed by atoms with Crippen LogP contribution in [-0.4, -0.2) is 35.8 Å². The third-order valence-electron chi connectivity index (χ3n) is 4.90. The maximum atomic E-state index is 12.9. The van der Waals surface area contributed by atoms with Crippen molar-refractivity contribution >= 4 is 17.5 Å². The van der Waals surface area contributed by atoms with E-state index in [2.05, 4.69) is 0 Å². The van der Waals surface area contributed by atoms with E-state index in [9.17, 15) is 9.59 Å². The van der Waals surface area contributed by atoms with Crippen LogP contribution in [0.5, 0.6) is 0 Å². The molecule has 2 unspecified atom stereocenters. The molecule has 1 aliphatic heterocycles. The van der Waals surface area contributed by atoms with Gasteiger partial charge in [0.05, 0.1) is 0 Å². The molecule has 0 aromatic heterocycles. The molecule has 1 heterocycles. The fraction of sp³-hybridized carbons (Fsp3) is 0.333. The first-order chi connectivity index (χ1) is 12.6. The van der Waals surface area contributed by atoms with Crippen molar-refractivity contribution in [1.82, 2.24) is 4.90 Å². The number of anilines is 1. The Morgan fingerprint density at radius 2 is 1.77 bits per heavy atom. The first kappa shape index (κ1) is 18.1. The zero-order valence-electron chi connectivity index (χ0n) is 15.0. The number of benzene rings is 2. The third kappa shape index (κ3) is 3.78. The first-order valence-corrected chi connectivity index (χ1v) is 9.08. The van der Waals surface area contributed by atoms with E-state index in [-0.39, 0.29) is 24.3 Å². The largest absolute Gasteiger partial charge is 0.331 e. The van der Waals surface area contributed by atoms with E-state index in [1.165, 1.54) is 0 Å². The summed E-state index contributed by atoms with van der Waals surface area (Å²) in [5, 5.41) is 0. The van der Waals surface area contributed by atoms with E-state index in [0.717, 1.165) is 11.3 Å². The fourth-order valence-electron chi connectivity index (χ4n) is 3.51. The highest BCUT2D eigenvalue weighted by Crippen LogP contribution is 2.25. The Labute approximate surface area is 154 Å². The molecule has 5 nitrogen and oxygen atoms in total. The summed E-state index contributed by atoms with van der Waals surface area (Å²) in [4.78, 5) is 29.1. The normalized spacial score (nSPS) is 18.0. The minimum absolute atomic E-state index is 0.0142. The highest BCUT2D eigenvalue weighted by Gasteiger charge is 2.38. The summed E-state index contributed by atoms with van der Waals surface area (Å²) in [5.41, 5.74) is 8.01. The Balaban J connectivity index is 1.68. The maximum absolute atomic E-state index is 12.9. The smallest absolute Gasteiger partial charge is 0.249 e. The van der Waals surface area contributed by atoms with Crippen molar-refractivity contribution in [3.63, 3.8) is 0 Å². The standard InChI is InChI=1S/C21H25N3O2/c1-2-23(20(25)15-18(22)16-9-5-3-6-10-16)19-13-14-24(21(19)26)17-11-7-4-8-12-17/h3-12,18-19H,2,13-15,22H2,1H3. The molecule has 2 N–H and O–H groups in total. The maximum Gasteiger partial charge on any atom is 0.249 e. The van der Waals surface area contributed by atoms with Crippen LogP contribution in [0, 0.1) is 0 Å². The lowest BCUT2D eigenvalue weighted by Gasteiger charge is -2.28. The van der Waals surface area contributed by atoms with Crippen molar-refractivity contribution in [2.45, 2.75) is 31.8 Å². The average Bonchev–Trinajstić information content (AvgIpc) is 3.05. The van der Waals surface area contributed by atoms with Crippen LogP contribution in [0.2, 0.25) is 0 Å². The molecule has 136 valence electrons. The topological polar surface area (TPSA) is 66.6 Å². The van der Waals surface area contributed by atoms with Gasteiger partial charge < -0.3 is 15.5 Å². The summed E-state index contributed by atoms with van der Waals surface area (Å²) in [7, 11) is 0. The van der Waals surface area contributed by atoms with E-state index >= 15 is 0 Å². The van der Waals surface area contributed by atoms with Crippen molar-refractivity contribution in [3.05, 3.63) is 66.2 Å². The fourth-order valence-corrected chi connectivity index (χ4v) is 3.51. The van der Waals surface area contributed by atoms with Gasteiger partial charge in [-0.3, -0.25) is 9.59 Å². The van der Waals surface area contributed by atoms with Crippen molar-refractivity contribution in [3.8, 4) is 0 Å². The summed E-state index contributed by atoms with van der Waals surface area (Å²) in [6, 6.07) is 18.4. The van der Waals surface area contributed by atoms with Crippen LogP contribution >= 0.6 is 0 Å². The van der Waals surface area contributed by atoms with Gasteiger partial charge in [0.25, 0.3) is 0 Å². The molecule has 0 bridgehead atoms. The highest BCUT2D eigenvalue weighted by atomic mass is 16.2. The highest BCUT2D eigenvalue weighted by molar-refractivity contribution is 6.01. The number of rotatable bonds is 6. The van der Waals surface area contributed by atoms with Gasteiger partial charge in [-0.05, 0) is 31.0 Å². The summed E-state index contributed by atoms with van der Waals surface area (Å²) < 4.78 is 0. The number of carbonyl (C=O) groups is 2. The second-order valence-corrected chi connectivity index (χ2v) is 6.53. The quantitative estimate of drug-likeness (QED) is 0.870. The summed E-state index contributed by atoms with van der Waals surface area (Å²) in [5.74, 6) is -0.0863. The molecular formula is C21H25N3O2. The van der Waals surface area contributed by atoms with Gasteiger partial charge in [-0.15, -0.1) is 0 Å². The number of nitrogens with zero attached hydrogens (tertiary/aromatic N) is 2. The van der Waals surface area contributed by atoms with E-state index in [0.29, 0.717) is 19.5 Å². The van der Waals surface area contributed by atoms with Gasteiger partial charge in [-0.25, -0.2) is 0 Å². The minimum atomic E-state index is -0.407. The average molecular weight is 351 g/mol. The molecule has 0 radical (unpaired) electrons. The molecule has 0 aliphatic carbocycles. The Hall–Kier alpha value is -2.66. The van der Waals surface area contributed by atoms with Gasteiger partial charge in [-0.2, -0.15) is 0 Å². The third-order valence-corrected chi connectivity index (χ3v) is 4.90. The Bertz CT molecular complexity index is 748. The number of para-hydroxylation sites is 1. The molecule has 3 rings (SSSR count). The van der Waals surface area contributed by atoms with Gasteiger partial charge in [0.15, 0.2) is 0 Å². The number of carbonyl (C=O) groups excluding carboxylic acids is 2. The number of hydrogen-bond acceptors (Lipinski definition) is 3. The van der Waals surface area contributed by atoms with E-state index in [1.54, 1.807) is 9.80 Å². The van der Waals surface area contributed by atoms with Crippen molar-refractivity contribution < 1.29 is 9.59 Å². The molecular weight excluding hydrogens is 326 g/mol. The Kier molecular flexibility index (Phi) is 5.68. The number of likely N-dealkylation sites (N-methyl/N-ethyl adjacent to an activating group) is 1. The summed E-state index contributed by atoms with van der Waals surface area (Å²) in [6.45, 7) is 3.03. The molecule has 0 spiro atoms. The molecule has 1 saturated heterocycles. The van der Waals surface area contributed by atoms with Crippen molar-refractivity contribution in [2.24, 2.45) is 5.73 Å². The molecule has 2 aromatic carbocycles. The number of amides is 2. The van der Waals surface area contributed by atoms with Crippen LogP contribution in [0.4, 0.5) is 5.69 Å². The van der Waals surface area contributed by atoms with E-state index in [4.69, 9.17) is 5.73 Å². The Morgan fingerprint density at radius 1 is 1.15 bits per heavy atom. The van der Waals surface area contributed by atoms with Gasteiger partial charge >= 0.3 is 0 Å². The molecule has 1 fully saturated rings. The monoisotopic (exact) mass is 351 g/mol. The lowest BCUT2D eigenvalue weighted by Crippen LogP contribution is -2.46. The minimum Gasteiger partial charge on any atom is -0.331 e. The van der Waals surface area contributed by atoms with Gasteiger partial charge in [0.2, 0.25) is 11.8 Å².